The fourth-order valence-electron chi connectivity index (χ4n) is 3.16. The van der Waals surface area contributed by atoms with Gasteiger partial charge in [-0.3, -0.25) is 14.5 Å². The Kier molecular flexibility index (Phi) is 7.03. The average molecular weight is 341 g/mol. The number of benzene rings is 1. The van der Waals surface area contributed by atoms with Gasteiger partial charge in [-0.15, -0.1) is 12.4 Å². The van der Waals surface area contributed by atoms with E-state index >= 15 is 0 Å². The third kappa shape index (κ3) is 5.22. The van der Waals surface area contributed by atoms with Gasteiger partial charge in [-0.05, 0) is 51.3 Å². The molecule has 1 saturated heterocycles. The number of hydrogen-bond donors (Lipinski definition) is 2. The third-order valence-corrected chi connectivity index (χ3v) is 4.16. The van der Waals surface area contributed by atoms with Crippen molar-refractivity contribution >= 4 is 30.0 Å². The highest BCUT2D eigenvalue weighted by molar-refractivity contribution is 5.93. The minimum atomic E-state index is -0.768. The minimum absolute atomic E-state index is 0. The van der Waals surface area contributed by atoms with Crippen molar-refractivity contribution in [3.05, 3.63) is 28.8 Å². The number of carboxylic acid groups (broad SMARTS) is 1. The summed E-state index contributed by atoms with van der Waals surface area (Å²) in [6.45, 7) is 7.48. The molecule has 1 heterocycles. The Balaban J connectivity index is 0.00000264. The van der Waals surface area contributed by atoms with Crippen molar-refractivity contribution in [3.63, 3.8) is 0 Å². The Bertz CT molecular complexity index is 566. The van der Waals surface area contributed by atoms with Gasteiger partial charge in [0.25, 0.3) is 0 Å². The van der Waals surface area contributed by atoms with Crippen molar-refractivity contribution in [2.45, 2.75) is 33.6 Å². The zero-order chi connectivity index (χ0) is 16.3. The van der Waals surface area contributed by atoms with Crippen LogP contribution in [0.5, 0.6) is 0 Å². The molecule has 5 nitrogen and oxygen atoms in total. The highest BCUT2D eigenvalue weighted by Crippen LogP contribution is 2.22. The topological polar surface area (TPSA) is 69.6 Å². The second-order valence-electron chi connectivity index (χ2n) is 6.23. The van der Waals surface area contributed by atoms with Crippen LogP contribution in [-0.4, -0.2) is 41.5 Å². The Morgan fingerprint density at radius 3 is 2.43 bits per heavy atom. The number of anilines is 1. The zero-order valence-electron chi connectivity index (χ0n) is 13.9. The van der Waals surface area contributed by atoms with Crippen molar-refractivity contribution in [1.82, 2.24) is 4.90 Å². The Labute approximate surface area is 143 Å². The van der Waals surface area contributed by atoms with E-state index in [4.69, 9.17) is 5.11 Å². The second-order valence-corrected chi connectivity index (χ2v) is 6.23. The van der Waals surface area contributed by atoms with Crippen LogP contribution in [0.4, 0.5) is 5.69 Å². The largest absolute Gasteiger partial charge is 0.481 e. The number of halogens is 1. The number of carbonyl (C=O) groups excluding carboxylic acids is 1. The van der Waals surface area contributed by atoms with Crippen molar-refractivity contribution < 1.29 is 14.7 Å². The van der Waals surface area contributed by atoms with Gasteiger partial charge in [0.1, 0.15) is 0 Å². The van der Waals surface area contributed by atoms with Crippen LogP contribution in [0.1, 0.15) is 29.5 Å². The summed E-state index contributed by atoms with van der Waals surface area (Å²) < 4.78 is 0. The fourth-order valence-corrected chi connectivity index (χ4v) is 3.16. The van der Waals surface area contributed by atoms with Crippen molar-refractivity contribution in [2.24, 2.45) is 5.92 Å². The Hall–Kier alpha value is -1.59. The van der Waals surface area contributed by atoms with E-state index in [0.717, 1.165) is 29.8 Å². The SMILES string of the molecule is Cc1cc(C)c(NC(=O)CN2CCCC(C(=O)O)C2)c(C)c1.Cl. The summed E-state index contributed by atoms with van der Waals surface area (Å²) in [5, 5.41) is 12.1. The lowest BCUT2D eigenvalue weighted by Gasteiger charge is -2.30. The molecule has 128 valence electrons. The summed E-state index contributed by atoms with van der Waals surface area (Å²) in [6.07, 6.45) is 1.52. The molecule has 2 N–H and O–H groups in total. The van der Waals surface area contributed by atoms with Crippen LogP contribution >= 0.6 is 12.4 Å². The highest BCUT2D eigenvalue weighted by Gasteiger charge is 2.26. The predicted octanol–water partition coefficient (Wildman–Crippen LogP) is 2.77. The quantitative estimate of drug-likeness (QED) is 0.884. The Morgan fingerprint density at radius 2 is 1.87 bits per heavy atom. The van der Waals surface area contributed by atoms with E-state index in [2.05, 4.69) is 5.32 Å². The first-order valence-electron chi connectivity index (χ1n) is 7.69. The molecule has 0 bridgehead atoms. The number of nitrogens with zero attached hydrogens (tertiary/aromatic N) is 1. The van der Waals surface area contributed by atoms with Gasteiger partial charge in [0.15, 0.2) is 0 Å². The first-order chi connectivity index (χ1) is 10.4. The molecule has 0 spiro atoms. The number of rotatable bonds is 4. The summed E-state index contributed by atoms with van der Waals surface area (Å²) in [5.41, 5.74) is 4.14. The summed E-state index contributed by atoms with van der Waals surface area (Å²) in [4.78, 5) is 25.2. The van der Waals surface area contributed by atoms with Gasteiger partial charge in [-0.2, -0.15) is 0 Å². The first-order valence-corrected chi connectivity index (χ1v) is 7.69. The monoisotopic (exact) mass is 340 g/mol. The van der Waals surface area contributed by atoms with E-state index < -0.39 is 5.97 Å². The molecule has 1 amide bonds. The molecular formula is C17H25ClN2O3. The lowest BCUT2D eigenvalue weighted by Crippen LogP contribution is -2.42. The molecule has 1 unspecified atom stereocenters. The molecule has 0 aromatic heterocycles. The smallest absolute Gasteiger partial charge is 0.307 e. The van der Waals surface area contributed by atoms with Gasteiger partial charge < -0.3 is 10.4 Å². The molecule has 6 heteroatoms. The van der Waals surface area contributed by atoms with Crippen LogP contribution in [0.15, 0.2) is 12.1 Å². The van der Waals surface area contributed by atoms with E-state index in [1.165, 1.54) is 5.56 Å². The van der Waals surface area contributed by atoms with Gasteiger partial charge >= 0.3 is 5.97 Å². The normalized spacial score (nSPS) is 18.1. The van der Waals surface area contributed by atoms with Gasteiger partial charge in [0.05, 0.1) is 12.5 Å². The number of amides is 1. The number of aliphatic carboxylic acids is 1. The highest BCUT2D eigenvalue weighted by atomic mass is 35.5. The molecule has 1 aromatic rings. The number of carboxylic acids is 1. The van der Waals surface area contributed by atoms with Crippen molar-refractivity contribution in [3.8, 4) is 0 Å². The summed E-state index contributed by atoms with van der Waals surface area (Å²) in [5.74, 6) is -1.21. The molecule has 0 radical (unpaired) electrons. The maximum Gasteiger partial charge on any atom is 0.307 e. The van der Waals surface area contributed by atoms with E-state index in [1.807, 2.05) is 37.8 Å². The molecule has 1 aliphatic heterocycles. The molecule has 1 aromatic carbocycles. The average Bonchev–Trinajstić information content (AvgIpc) is 2.43. The summed E-state index contributed by atoms with van der Waals surface area (Å²) in [7, 11) is 0. The lowest BCUT2D eigenvalue weighted by atomic mass is 9.98. The van der Waals surface area contributed by atoms with Crippen LogP contribution in [0.2, 0.25) is 0 Å². The summed E-state index contributed by atoms with van der Waals surface area (Å²) in [6, 6.07) is 4.09. The van der Waals surface area contributed by atoms with Crippen LogP contribution < -0.4 is 5.32 Å². The predicted molar refractivity (Wildman–Crippen MR) is 93.3 cm³/mol. The van der Waals surface area contributed by atoms with E-state index in [-0.39, 0.29) is 30.8 Å². The molecule has 23 heavy (non-hydrogen) atoms. The first kappa shape index (κ1) is 19.5. The second kappa shape index (κ2) is 8.31. The number of hydrogen-bond acceptors (Lipinski definition) is 3. The van der Waals surface area contributed by atoms with Gasteiger partial charge in [0, 0.05) is 12.2 Å². The number of aryl methyl sites for hydroxylation is 3. The van der Waals surface area contributed by atoms with E-state index in [0.29, 0.717) is 13.0 Å². The van der Waals surface area contributed by atoms with Gasteiger partial charge in [-0.25, -0.2) is 0 Å². The van der Waals surface area contributed by atoms with Crippen molar-refractivity contribution in [2.75, 3.05) is 25.0 Å². The molecular weight excluding hydrogens is 316 g/mol. The molecule has 0 saturated carbocycles. The van der Waals surface area contributed by atoms with E-state index in [1.54, 1.807) is 0 Å². The van der Waals surface area contributed by atoms with Crippen LogP contribution in [0.25, 0.3) is 0 Å². The molecule has 2 rings (SSSR count). The van der Waals surface area contributed by atoms with Crippen LogP contribution in [-0.2, 0) is 9.59 Å². The standard InChI is InChI=1S/C17H24N2O3.ClH/c1-11-7-12(2)16(13(3)8-11)18-15(20)10-19-6-4-5-14(9-19)17(21)22;/h7-8,14H,4-6,9-10H2,1-3H3,(H,18,20)(H,21,22);1H. The molecule has 1 atom stereocenters. The maximum atomic E-state index is 12.2. The minimum Gasteiger partial charge on any atom is -0.481 e. The third-order valence-electron chi connectivity index (χ3n) is 4.16. The van der Waals surface area contributed by atoms with Crippen molar-refractivity contribution in [1.29, 1.82) is 0 Å². The molecule has 0 aliphatic carbocycles. The molecule has 1 fully saturated rings. The number of carbonyl (C=O) groups is 2. The number of nitrogens with one attached hydrogen (secondary N) is 1. The lowest BCUT2D eigenvalue weighted by molar-refractivity contribution is -0.144. The van der Waals surface area contributed by atoms with Gasteiger partial charge in [0.2, 0.25) is 5.91 Å². The van der Waals surface area contributed by atoms with Crippen LogP contribution in [0.3, 0.4) is 0 Å². The van der Waals surface area contributed by atoms with Crippen LogP contribution in [0, 0.1) is 26.7 Å². The molecule has 1 aliphatic rings. The fraction of sp³-hybridized carbons (Fsp3) is 0.529. The summed E-state index contributed by atoms with van der Waals surface area (Å²) >= 11 is 0. The maximum absolute atomic E-state index is 12.2. The van der Waals surface area contributed by atoms with E-state index in [9.17, 15) is 9.59 Å². The zero-order valence-corrected chi connectivity index (χ0v) is 14.7. The number of piperidine rings is 1. The Morgan fingerprint density at radius 1 is 1.26 bits per heavy atom. The number of likely N-dealkylation sites (tertiary alicyclic amines) is 1. The van der Waals surface area contributed by atoms with Gasteiger partial charge in [-0.1, -0.05) is 17.7 Å².